The summed E-state index contributed by atoms with van der Waals surface area (Å²) in [6.07, 6.45) is 1.45. The predicted octanol–water partition coefficient (Wildman–Crippen LogP) is 2.34. The quantitative estimate of drug-likeness (QED) is 0.796. The first-order chi connectivity index (χ1) is 10.2. The molecule has 0 radical (unpaired) electrons. The number of hydrogen-bond donors (Lipinski definition) is 1. The third-order valence-electron chi connectivity index (χ3n) is 3.31. The first-order valence-corrected chi connectivity index (χ1v) is 6.33. The first kappa shape index (κ1) is 13.0. The van der Waals surface area contributed by atoms with E-state index in [-0.39, 0.29) is 5.56 Å². The number of nitrogens with zero attached hydrogens (tertiary/aromatic N) is 4. The van der Waals surface area contributed by atoms with Gasteiger partial charge in [0.15, 0.2) is 0 Å². The van der Waals surface area contributed by atoms with Crippen molar-refractivity contribution in [2.75, 3.05) is 0 Å². The first-order valence-electron chi connectivity index (χ1n) is 6.33. The van der Waals surface area contributed by atoms with Crippen LogP contribution in [-0.4, -0.2) is 31.3 Å². The van der Waals surface area contributed by atoms with Gasteiger partial charge in [0.05, 0.1) is 11.3 Å². The minimum Gasteiger partial charge on any atom is -0.478 e. The van der Waals surface area contributed by atoms with Gasteiger partial charge in [0.2, 0.25) is 0 Å². The Balaban J connectivity index is 2.26. The van der Waals surface area contributed by atoms with E-state index in [1.807, 2.05) is 36.4 Å². The van der Waals surface area contributed by atoms with E-state index in [1.54, 1.807) is 13.0 Å². The lowest BCUT2D eigenvalue weighted by atomic mass is 9.98. The van der Waals surface area contributed by atoms with Crippen LogP contribution in [0.25, 0.3) is 16.8 Å². The smallest absolute Gasteiger partial charge is 0.336 e. The molecule has 104 valence electrons. The van der Waals surface area contributed by atoms with E-state index in [9.17, 15) is 9.90 Å². The molecule has 0 atom stereocenters. The summed E-state index contributed by atoms with van der Waals surface area (Å²) in [5, 5.41) is 20.4. The molecule has 0 unspecified atom stereocenters. The number of benzene rings is 2. The van der Waals surface area contributed by atoms with Crippen molar-refractivity contribution in [3.05, 3.63) is 59.9 Å². The van der Waals surface area contributed by atoms with Crippen LogP contribution in [-0.2, 0) is 0 Å². The van der Waals surface area contributed by atoms with Crippen molar-refractivity contribution >= 4 is 5.97 Å². The summed E-state index contributed by atoms with van der Waals surface area (Å²) >= 11 is 0. The maximum atomic E-state index is 11.5. The van der Waals surface area contributed by atoms with Crippen LogP contribution in [0.4, 0.5) is 0 Å². The SMILES string of the molecule is Cc1c(C(=O)O)cc(-c2ccccc2)cc1-n1cnnn1. The molecule has 0 aliphatic heterocycles. The number of rotatable bonds is 3. The molecule has 3 rings (SSSR count). The largest absolute Gasteiger partial charge is 0.478 e. The molecule has 0 saturated heterocycles. The summed E-state index contributed by atoms with van der Waals surface area (Å²) in [6.45, 7) is 1.75. The van der Waals surface area contributed by atoms with Crippen LogP contribution in [0.1, 0.15) is 15.9 Å². The zero-order chi connectivity index (χ0) is 14.8. The van der Waals surface area contributed by atoms with E-state index in [0.717, 1.165) is 11.1 Å². The molecule has 0 spiro atoms. The molecule has 21 heavy (non-hydrogen) atoms. The van der Waals surface area contributed by atoms with Gasteiger partial charge in [0.25, 0.3) is 0 Å². The number of aromatic nitrogens is 4. The lowest BCUT2D eigenvalue weighted by Crippen LogP contribution is -2.06. The van der Waals surface area contributed by atoms with E-state index in [2.05, 4.69) is 15.5 Å². The molecule has 2 aromatic carbocycles. The van der Waals surface area contributed by atoms with Gasteiger partial charge in [-0.05, 0) is 46.2 Å². The van der Waals surface area contributed by atoms with Crippen molar-refractivity contribution in [2.45, 2.75) is 6.92 Å². The number of tetrazole rings is 1. The van der Waals surface area contributed by atoms with Gasteiger partial charge in [-0.1, -0.05) is 30.3 Å². The van der Waals surface area contributed by atoms with Crippen LogP contribution >= 0.6 is 0 Å². The summed E-state index contributed by atoms with van der Waals surface area (Å²) in [5.74, 6) is -0.973. The number of carbonyl (C=O) groups is 1. The third-order valence-corrected chi connectivity index (χ3v) is 3.31. The molecule has 1 heterocycles. The van der Waals surface area contributed by atoms with Crippen LogP contribution in [0.5, 0.6) is 0 Å². The summed E-state index contributed by atoms with van der Waals surface area (Å²) in [6, 6.07) is 13.1. The minimum atomic E-state index is -0.973. The molecular formula is C15H12N4O2. The standard InChI is InChI=1S/C15H12N4O2/c1-10-13(15(20)21)7-12(11-5-3-2-4-6-11)8-14(10)19-9-16-17-18-19/h2-9H,1H3,(H,20,21). The van der Waals surface area contributed by atoms with Crippen molar-refractivity contribution in [3.8, 4) is 16.8 Å². The average Bonchev–Trinajstić information content (AvgIpc) is 3.02. The molecule has 0 bridgehead atoms. The van der Waals surface area contributed by atoms with Crippen LogP contribution < -0.4 is 0 Å². The fourth-order valence-electron chi connectivity index (χ4n) is 2.23. The van der Waals surface area contributed by atoms with Gasteiger partial charge >= 0.3 is 5.97 Å². The number of hydrogen-bond acceptors (Lipinski definition) is 4. The Kier molecular flexibility index (Phi) is 3.19. The van der Waals surface area contributed by atoms with Crippen LogP contribution in [0.15, 0.2) is 48.8 Å². The topological polar surface area (TPSA) is 80.9 Å². The van der Waals surface area contributed by atoms with Crippen LogP contribution in [0, 0.1) is 6.92 Å². The van der Waals surface area contributed by atoms with Gasteiger partial charge in [-0.25, -0.2) is 9.48 Å². The molecule has 0 fully saturated rings. The second kappa shape index (κ2) is 5.16. The molecule has 0 saturated carbocycles. The summed E-state index contributed by atoms with van der Waals surface area (Å²) < 4.78 is 1.47. The van der Waals surface area contributed by atoms with Gasteiger partial charge in [-0.2, -0.15) is 0 Å². The molecule has 0 aliphatic carbocycles. The molecule has 0 aliphatic rings. The lowest BCUT2D eigenvalue weighted by Gasteiger charge is -2.11. The summed E-state index contributed by atoms with van der Waals surface area (Å²) in [4.78, 5) is 11.5. The Morgan fingerprint density at radius 3 is 2.52 bits per heavy atom. The monoisotopic (exact) mass is 280 g/mol. The van der Waals surface area contributed by atoms with Gasteiger partial charge in [0, 0.05) is 0 Å². The summed E-state index contributed by atoms with van der Waals surface area (Å²) in [5.41, 5.74) is 3.26. The van der Waals surface area contributed by atoms with E-state index >= 15 is 0 Å². The number of aromatic carboxylic acids is 1. The van der Waals surface area contributed by atoms with Crippen molar-refractivity contribution in [3.63, 3.8) is 0 Å². The molecule has 0 amide bonds. The third kappa shape index (κ3) is 2.38. The minimum absolute atomic E-state index is 0.238. The Hall–Kier alpha value is -3.02. The Morgan fingerprint density at radius 1 is 1.14 bits per heavy atom. The molecule has 1 N–H and O–H groups in total. The Labute approximate surface area is 120 Å². The van der Waals surface area contributed by atoms with Crippen molar-refractivity contribution in [1.82, 2.24) is 20.2 Å². The van der Waals surface area contributed by atoms with E-state index in [1.165, 1.54) is 11.0 Å². The zero-order valence-corrected chi connectivity index (χ0v) is 11.3. The highest BCUT2D eigenvalue weighted by Crippen LogP contribution is 2.27. The molecule has 1 aromatic heterocycles. The zero-order valence-electron chi connectivity index (χ0n) is 11.3. The average molecular weight is 280 g/mol. The van der Waals surface area contributed by atoms with E-state index in [0.29, 0.717) is 11.3 Å². The molecule has 6 heteroatoms. The Morgan fingerprint density at radius 2 is 1.90 bits per heavy atom. The van der Waals surface area contributed by atoms with Gasteiger partial charge in [-0.3, -0.25) is 0 Å². The predicted molar refractivity (Wildman–Crippen MR) is 76.3 cm³/mol. The molecule has 3 aromatic rings. The fraction of sp³-hybridized carbons (Fsp3) is 0.0667. The van der Waals surface area contributed by atoms with Crippen molar-refractivity contribution < 1.29 is 9.90 Å². The second-order valence-corrected chi connectivity index (χ2v) is 4.59. The maximum absolute atomic E-state index is 11.5. The van der Waals surface area contributed by atoms with Gasteiger partial charge in [-0.15, -0.1) is 5.10 Å². The normalized spacial score (nSPS) is 10.5. The lowest BCUT2D eigenvalue weighted by molar-refractivity contribution is 0.0696. The second-order valence-electron chi connectivity index (χ2n) is 4.59. The van der Waals surface area contributed by atoms with Gasteiger partial charge < -0.3 is 5.11 Å². The van der Waals surface area contributed by atoms with Crippen LogP contribution in [0.2, 0.25) is 0 Å². The van der Waals surface area contributed by atoms with E-state index in [4.69, 9.17) is 0 Å². The highest BCUT2D eigenvalue weighted by Gasteiger charge is 2.15. The molecular weight excluding hydrogens is 268 g/mol. The molecule has 6 nitrogen and oxygen atoms in total. The number of carboxylic acid groups (broad SMARTS) is 1. The maximum Gasteiger partial charge on any atom is 0.336 e. The van der Waals surface area contributed by atoms with Crippen molar-refractivity contribution in [2.24, 2.45) is 0 Å². The highest BCUT2D eigenvalue weighted by molar-refractivity contribution is 5.92. The summed E-state index contributed by atoms with van der Waals surface area (Å²) in [7, 11) is 0. The number of carboxylic acids is 1. The fourth-order valence-corrected chi connectivity index (χ4v) is 2.23. The van der Waals surface area contributed by atoms with Crippen molar-refractivity contribution in [1.29, 1.82) is 0 Å². The highest BCUT2D eigenvalue weighted by atomic mass is 16.4. The Bertz CT molecular complexity index is 783. The van der Waals surface area contributed by atoms with Crippen LogP contribution in [0.3, 0.4) is 0 Å². The van der Waals surface area contributed by atoms with E-state index < -0.39 is 5.97 Å². The van der Waals surface area contributed by atoms with Gasteiger partial charge in [0.1, 0.15) is 6.33 Å².